The van der Waals surface area contributed by atoms with Crippen LogP contribution in [0.4, 0.5) is 0 Å². The monoisotopic (exact) mass is 310 g/mol. The van der Waals surface area contributed by atoms with Gasteiger partial charge in [-0.25, -0.2) is 0 Å². The van der Waals surface area contributed by atoms with E-state index in [0.717, 1.165) is 30.5 Å². The fourth-order valence-corrected chi connectivity index (χ4v) is 3.39. The normalized spacial score (nSPS) is 28.1. The van der Waals surface area contributed by atoms with Gasteiger partial charge in [0.1, 0.15) is 0 Å². The lowest BCUT2D eigenvalue weighted by atomic mass is 10.0. The van der Waals surface area contributed by atoms with Gasteiger partial charge in [-0.15, -0.1) is 0 Å². The second-order valence-electron chi connectivity index (χ2n) is 4.45. The van der Waals surface area contributed by atoms with Crippen molar-refractivity contribution in [3.63, 3.8) is 0 Å². The van der Waals surface area contributed by atoms with Crippen LogP contribution in [0.5, 0.6) is 0 Å². The smallest absolute Gasteiger partial charge is 0.0775 e. The minimum atomic E-state index is 0.225. The molecular formula is C11H19IO2. The average molecular weight is 310 g/mol. The molecule has 1 aliphatic heterocycles. The van der Waals surface area contributed by atoms with E-state index in [-0.39, 0.29) is 5.60 Å². The molecule has 1 saturated heterocycles. The number of halogens is 1. The van der Waals surface area contributed by atoms with Gasteiger partial charge in [0.2, 0.25) is 0 Å². The molecule has 82 valence electrons. The molecule has 2 nitrogen and oxygen atoms in total. The highest BCUT2D eigenvalue weighted by atomic mass is 127. The summed E-state index contributed by atoms with van der Waals surface area (Å²) in [6.45, 7) is 1.78. The van der Waals surface area contributed by atoms with E-state index in [1.54, 1.807) is 0 Å². The molecule has 2 aliphatic rings. The molecular weight excluding hydrogens is 291 g/mol. The van der Waals surface area contributed by atoms with Gasteiger partial charge in [-0.2, -0.15) is 0 Å². The molecule has 0 radical (unpaired) electrons. The fraction of sp³-hybridized carbons (Fsp3) is 1.00. The molecule has 2 rings (SSSR count). The summed E-state index contributed by atoms with van der Waals surface area (Å²) in [6.07, 6.45) is 7.91. The average Bonchev–Trinajstić information content (AvgIpc) is 2.69. The molecule has 0 bridgehead atoms. The summed E-state index contributed by atoms with van der Waals surface area (Å²) in [6, 6.07) is 0. The minimum absolute atomic E-state index is 0.225. The van der Waals surface area contributed by atoms with Crippen LogP contribution in [0.15, 0.2) is 0 Å². The van der Waals surface area contributed by atoms with Crippen LogP contribution in [0, 0.1) is 0 Å². The number of alkyl halides is 1. The van der Waals surface area contributed by atoms with Gasteiger partial charge in [0.05, 0.1) is 11.7 Å². The summed E-state index contributed by atoms with van der Waals surface area (Å²) in [5, 5.41) is 0. The Balaban J connectivity index is 1.86. The van der Waals surface area contributed by atoms with E-state index in [1.165, 1.54) is 25.7 Å². The molecule has 2 fully saturated rings. The third kappa shape index (κ3) is 2.61. The summed E-state index contributed by atoms with van der Waals surface area (Å²) in [4.78, 5) is 0. The topological polar surface area (TPSA) is 18.5 Å². The zero-order valence-corrected chi connectivity index (χ0v) is 10.8. The first-order valence-electron chi connectivity index (χ1n) is 5.66. The first-order chi connectivity index (χ1) is 6.85. The highest BCUT2D eigenvalue weighted by molar-refractivity contribution is 14.1. The molecule has 1 saturated carbocycles. The SMILES string of the molecule is ICC1(OC2CCOCC2)CCCC1. The van der Waals surface area contributed by atoms with E-state index in [2.05, 4.69) is 22.6 Å². The van der Waals surface area contributed by atoms with Crippen LogP contribution in [0.1, 0.15) is 38.5 Å². The Labute approximate surface area is 99.9 Å². The van der Waals surface area contributed by atoms with Crippen LogP contribution in [0.3, 0.4) is 0 Å². The van der Waals surface area contributed by atoms with Gasteiger partial charge in [-0.05, 0) is 25.7 Å². The first-order valence-corrected chi connectivity index (χ1v) is 7.19. The van der Waals surface area contributed by atoms with Gasteiger partial charge in [0.15, 0.2) is 0 Å². The maximum absolute atomic E-state index is 6.30. The molecule has 14 heavy (non-hydrogen) atoms. The Morgan fingerprint density at radius 2 is 1.86 bits per heavy atom. The van der Waals surface area contributed by atoms with E-state index in [1.807, 2.05) is 0 Å². The highest BCUT2D eigenvalue weighted by Gasteiger charge is 2.36. The molecule has 0 aromatic carbocycles. The molecule has 0 amide bonds. The number of hydrogen-bond donors (Lipinski definition) is 0. The summed E-state index contributed by atoms with van der Waals surface area (Å²) < 4.78 is 12.8. The third-order valence-electron chi connectivity index (χ3n) is 3.34. The van der Waals surface area contributed by atoms with Crippen molar-refractivity contribution in [3.8, 4) is 0 Å². The van der Waals surface area contributed by atoms with Crippen LogP contribution >= 0.6 is 22.6 Å². The maximum atomic E-state index is 6.30. The van der Waals surface area contributed by atoms with E-state index in [0.29, 0.717) is 6.10 Å². The number of ether oxygens (including phenoxy) is 2. The maximum Gasteiger partial charge on any atom is 0.0775 e. The van der Waals surface area contributed by atoms with Crippen molar-refractivity contribution in [2.24, 2.45) is 0 Å². The van der Waals surface area contributed by atoms with Crippen LogP contribution in [0.25, 0.3) is 0 Å². The molecule has 3 heteroatoms. The predicted molar refractivity (Wildman–Crippen MR) is 65.0 cm³/mol. The Kier molecular flexibility index (Phi) is 4.08. The quantitative estimate of drug-likeness (QED) is 0.589. The van der Waals surface area contributed by atoms with Crippen molar-refractivity contribution in [1.82, 2.24) is 0 Å². The molecule has 0 spiro atoms. The van der Waals surface area contributed by atoms with E-state index in [9.17, 15) is 0 Å². The Morgan fingerprint density at radius 3 is 2.43 bits per heavy atom. The van der Waals surface area contributed by atoms with Crippen LogP contribution in [-0.2, 0) is 9.47 Å². The van der Waals surface area contributed by atoms with E-state index in [4.69, 9.17) is 9.47 Å². The lowest BCUT2D eigenvalue weighted by Gasteiger charge is -2.34. The molecule has 0 aromatic rings. The van der Waals surface area contributed by atoms with E-state index >= 15 is 0 Å². The van der Waals surface area contributed by atoms with Crippen molar-refractivity contribution >= 4 is 22.6 Å². The van der Waals surface area contributed by atoms with Gasteiger partial charge in [0, 0.05) is 17.6 Å². The minimum Gasteiger partial charge on any atom is -0.381 e. The standard InChI is InChI=1S/C11H19IO2/c12-9-11(5-1-2-6-11)14-10-3-7-13-8-4-10/h10H,1-9H2. The summed E-state index contributed by atoms with van der Waals surface area (Å²) in [7, 11) is 0. The van der Waals surface area contributed by atoms with Crippen molar-refractivity contribution in [2.45, 2.75) is 50.2 Å². The molecule has 1 heterocycles. The molecule has 0 atom stereocenters. The zero-order chi connectivity index (χ0) is 9.86. The Morgan fingerprint density at radius 1 is 1.21 bits per heavy atom. The number of rotatable bonds is 3. The summed E-state index contributed by atoms with van der Waals surface area (Å²) in [5.41, 5.74) is 0.225. The molecule has 0 N–H and O–H groups in total. The van der Waals surface area contributed by atoms with Crippen LogP contribution in [-0.4, -0.2) is 29.3 Å². The van der Waals surface area contributed by atoms with Crippen molar-refractivity contribution in [2.75, 3.05) is 17.6 Å². The van der Waals surface area contributed by atoms with Crippen LogP contribution < -0.4 is 0 Å². The van der Waals surface area contributed by atoms with E-state index < -0.39 is 0 Å². The second kappa shape index (κ2) is 5.12. The Bertz CT molecular complexity index is 172. The van der Waals surface area contributed by atoms with Gasteiger partial charge in [0.25, 0.3) is 0 Å². The van der Waals surface area contributed by atoms with Crippen LogP contribution in [0.2, 0.25) is 0 Å². The molecule has 0 aromatic heterocycles. The summed E-state index contributed by atoms with van der Waals surface area (Å²) in [5.74, 6) is 0. The largest absolute Gasteiger partial charge is 0.381 e. The summed E-state index contributed by atoms with van der Waals surface area (Å²) >= 11 is 2.48. The van der Waals surface area contributed by atoms with Gasteiger partial charge in [-0.1, -0.05) is 35.4 Å². The highest BCUT2D eigenvalue weighted by Crippen LogP contribution is 2.37. The molecule has 0 unspecified atom stereocenters. The zero-order valence-electron chi connectivity index (χ0n) is 8.64. The predicted octanol–water partition coefficient (Wildman–Crippen LogP) is 2.93. The van der Waals surface area contributed by atoms with Crippen molar-refractivity contribution in [1.29, 1.82) is 0 Å². The first kappa shape index (κ1) is 11.1. The Hall–Kier alpha value is 0.650. The van der Waals surface area contributed by atoms with Gasteiger partial charge < -0.3 is 9.47 Å². The van der Waals surface area contributed by atoms with Gasteiger partial charge >= 0.3 is 0 Å². The fourth-order valence-electron chi connectivity index (χ4n) is 2.45. The third-order valence-corrected chi connectivity index (χ3v) is 4.73. The second-order valence-corrected chi connectivity index (χ2v) is 5.22. The van der Waals surface area contributed by atoms with Crippen molar-refractivity contribution < 1.29 is 9.47 Å². The lowest BCUT2D eigenvalue weighted by Crippen LogP contribution is -2.38. The van der Waals surface area contributed by atoms with Gasteiger partial charge in [-0.3, -0.25) is 0 Å². The number of hydrogen-bond acceptors (Lipinski definition) is 2. The molecule has 1 aliphatic carbocycles. The van der Waals surface area contributed by atoms with Crippen molar-refractivity contribution in [3.05, 3.63) is 0 Å². The lowest BCUT2D eigenvalue weighted by molar-refractivity contribution is -0.110.